The molecule has 1 aromatic carbocycles. The van der Waals surface area contributed by atoms with Crippen molar-refractivity contribution in [3.05, 3.63) is 58.9 Å². The third-order valence-corrected chi connectivity index (χ3v) is 3.16. The lowest BCUT2D eigenvalue weighted by Crippen LogP contribution is -2.14. The Morgan fingerprint density at radius 1 is 1.14 bits per heavy atom. The first-order valence-corrected chi connectivity index (χ1v) is 6.45. The van der Waals surface area contributed by atoms with E-state index in [9.17, 15) is 9.59 Å². The molecule has 0 fully saturated rings. The van der Waals surface area contributed by atoms with Crippen molar-refractivity contribution in [1.82, 2.24) is 4.98 Å². The number of aryl methyl sites for hydroxylation is 1. The Morgan fingerprint density at radius 2 is 1.90 bits per heavy atom. The van der Waals surface area contributed by atoms with Crippen LogP contribution < -0.4 is 5.32 Å². The van der Waals surface area contributed by atoms with E-state index < -0.39 is 5.97 Å². The predicted octanol–water partition coefficient (Wildman–Crippen LogP) is 2.74. The van der Waals surface area contributed by atoms with Gasteiger partial charge in [-0.05, 0) is 43.7 Å². The van der Waals surface area contributed by atoms with Gasteiger partial charge in [0.15, 0.2) is 0 Å². The van der Waals surface area contributed by atoms with E-state index in [1.165, 1.54) is 13.3 Å². The van der Waals surface area contributed by atoms with E-state index in [1.807, 2.05) is 6.92 Å². The monoisotopic (exact) mass is 284 g/mol. The van der Waals surface area contributed by atoms with Crippen LogP contribution in [0.5, 0.6) is 0 Å². The lowest BCUT2D eigenvalue weighted by Gasteiger charge is -2.11. The lowest BCUT2D eigenvalue weighted by molar-refractivity contribution is 0.0599. The molecule has 2 aromatic rings. The van der Waals surface area contributed by atoms with Crippen molar-refractivity contribution in [3.63, 3.8) is 0 Å². The second-order valence-corrected chi connectivity index (χ2v) is 4.61. The smallest absolute Gasteiger partial charge is 0.338 e. The largest absolute Gasteiger partial charge is 0.465 e. The van der Waals surface area contributed by atoms with Crippen LogP contribution in [0.15, 0.2) is 36.5 Å². The van der Waals surface area contributed by atoms with E-state index >= 15 is 0 Å². The van der Waals surface area contributed by atoms with Crippen LogP contribution in [-0.2, 0) is 4.74 Å². The SMILES string of the molecule is COC(=O)c1cccc(NC(=O)c2ccc(C)nc2)c1C. The number of esters is 1. The van der Waals surface area contributed by atoms with Gasteiger partial charge in [0.25, 0.3) is 5.91 Å². The van der Waals surface area contributed by atoms with Gasteiger partial charge in [-0.1, -0.05) is 6.07 Å². The molecule has 0 bridgehead atoms. The number of nitrogens with one attached hydrogen (secondary N) is 1. The Labute approximate surface area is 123 Å². The number of hydrogen-bond donors (Lipinski definition) is 1. The summed E-state index contributed by atoms with van der Waals surface area (Å²) in [4.78, 5) is 27.9. The summed E-state index contributed by atoms with van der Waals surface area (Å²) in [5.41, 5.74) is 2.97. The Morgan fingerprint density at radius 3 is 2.52 bits per heavy atom. The van der Waals surface area contributed by atoms with Crippen molar-refractivity contribution in [2.24, 2.45) is 0 Å². The van der Waals surface area contributed by atoms with Crippen molar-refractivity contribution in [3.8, 4) is 0 Å². The van der Waals surface area contributed by atoms with Gasteiger partial charge in [-0.25, -0.2) is 4.79 Å². The average molecular weight is 284 g/mol. The summed E-state index contributed by atoms with van der Waals surface area (Å²) in [6, 6.07) is 8.57. The molecule has 21 heavy (non-hydrogen) atoms. The number of methoxy groups -OCH3 is 1. The second kappa shape index (κ2) is 6.17. The minimum absolute atomic E-state index is 0.271. The van der Waals surface area contributed by atoms with E-state index in [-0.39, 0.29) is 5.91 Å². The molecule has 0 aliphatic rings. The van der Waals surface area contributed by atoms with Gasteiger partial charge in [0.05, 0.1) is 18.2 Å². The summed E-state index contributed by atoms with van der Waals surface area (Å²) in [7, 11) is 1.32. The van der Waals surface area contributed by atoms with Gasteiger partial charge >= 0.3 is 5.97 Å². The molecule has 0 aliphatic carbocycles. The fraction of sp³-hybridized carbons (Fsp3) is 0.188. The highest BCUT2D eigenvalue weighted by Gasteiger charge is 2.14. The summed E-state index contributed by atoms with van der Waals surface area (Å²) >= 11 is 0. The van der Waals surface area contributed by atoms with Gasteiger partial charge in [-0.2, -0.15) is 0 Å². The zero-order valence-corrected chi connectivity index (χ0v) is 12.1. The van der Waals surface area contributed by atoms with Crippen LogP contribution in [-0.4, -0.2) is 24.0 Å². The minimum atomic E-state index is -0.430. The molecular formula is C16H16N2O3. The molecule has 0 atom stereocenters. The first-order chi connectivity index (χ1) is 10.0. The quantitative estimate of drug-likeness (QED) is 0.880. The third-order valence-electron chi connectivity index (χ3n) is 3.16. The highest BCUT2D eigenvalue weighted by molar-refractivity contribution is 6.05. The van der Waals surface area contributed by atoms with Crippen LogP contribution in [0, 0.1) is 13.8 Å². The molecular weight excluding hydrogens is 268 g/mol. The van der Waals surface area contributed by atoms with Crippen molar-refractivity contribution in [2.45, 2.75) is 13.8 Å². The van der Waals surface area contributed by atoms with Gasteiger partial charge < -0.3 is 10.1 Å². The third kappa shape index (κ3) is 3.25. The Hall–Kier alpha value is -2.69. The van der Waals surface area contributed by atoms with E-state index in [2.05, 4.69) is 10.3 Å². The number of amides is 1. The van der Waals surface area contributed by atoms with E-state index in [1.54, 1.807) is 37.3 Å². The highest BCUT2D eigenvalue weighted by Crippen LogP contribution is 2.20. The summed E-state index contributed by atoms with van der Waals surface area (Å²) < 4.78 is 4.71. The average Bonchev–Trinajstić information content (AvgIpc) is 2.49. The highest BCUT2D eigenvalue weighted by atomic mass is 16.5. The van der Waals surface area contributed by atoms with Gasteiger partial charge in [-0.15, -0.1) is 0 Å². The summed E-state index contributed by atoms with van der Waals surface area (Å²) in [5, 5.41) is 2.78. The zero-order chi connectivity index (χ0) is 15.4. The van der Waals surface area contributed by atoms with Gasteiger partial charge in [-0.3, -0.25) is 9.78 Å². The Kier molecular flexibility index (Phi) is 4.33. The number of anilines is 1. The maximum Gasteiger partial charge on any atom is 0.338 e. The first kappa shape index (κ1) is 14.7. The Bertz CT molecular complexity index is 678. The van der Waals surface area contributed by atoms with Crippen LogP contribution in [0.2, 0.25) is 0 Å². The van der Waals surface area contributed by atoms with Gasteiger partial charge in [0.2, 0.25) is 0 Å². The minimum Gasteiger partial charge on any atom is -0.465 e. The molecule has 1 N–H and O–H groups in total. The molecule has 0 radical (unpaired) electrons. The number of hydrogen-bond acceptors (Lipinski definition) is 4. The molecule has 108 valence electrons. The van der Waals surface area contributed by atoms with Crippen molar-refractivity contribution in [2.75, 3.05) is 12.4 Å². The maximum absolute atomic E-state index is 12.2. The number of benzene rings is 1. The number of pyridine rings is 1. The van der Waals surface area contributed by atoms with Crippen molar-refractivity contribution >= 4 is 17.6 Å². The molecule has 0 aliphatic heterocycles. The molecule has 0 unspecified atom stereocenters. The standard InChI is InChI=1S/C16H16N2O3/c1-10-7-8-12(9-17-10)15(19)18-14-6-4-5-13(11(14)2)16(20)21-3/h4-9H,1-3H3,(H,18,19). The maximum atomic E-state index is 12.2. The van der Waals surface area contributed by atoms with Crippen LogP contribution in [0.4, 0.5) is 5.69 Å². The topological polar surface area (TPSA) is 68.3 Å². The first-order valence-electron chi connectivity index (χ1n) is 6.45. The molecule has 5 heteroatoms. The number of carbonyl (C=O) groups excluding carboxylic acids is 2. The van der Waals surface area contributed by atoms with Gasteiger partial charge in [0.1, 0.15) is 0 Å². The molecule has 2 rings (SSSR count). The molecule has 0 saturated carbocycles. The summed E-state index contributed by atoms with van der Waals surface area (Å²) in [6.45, 7) is 3.61. The van der Waals surface area contributed by atoms with Crippen LogP contribution in [0.1, 0.15) is 32.0 Å². The fourth-order valence-corrected chi connectivity index (χ4v) is 1.90. The zero-order valence-electron chi connectivity index (χ0n) is 12.1. The van der Waals surface area contributed by atoms with E-state index in [0.717, 1.165) is 5.69 Å². The molecule has 1 aromatic heterocycles. The summed E-state index contributed by atoms with van der Waals surface area (Å²) in [6.07, 6.45) is 1.52. The molecule has 5 nitrogen and oxygen atoms in total. The van der Waals surface area contributed by atoms with Crippen molar-refractivity contribution < 1.29 is 14.3 Å². The predicted molar refractivity (Wildman–Crippen MR) is 79.4 cm³/mol. The molecule has 0 spiro atoms. The van der Waals surface area contributed by atoms with E-state index in [0.29, 0.717) is 22.4 Å². The number of rotatable bonds is 3. The molecule has 1 amide bonds. The van der Waals surface area contributed by atoms with Crippen LogP contribution in [0.25, 0.3) is 0 Å². The fourth-order valence-electron chi connectivity index (χ4n) is 1.90. The lowest BCUT2D eigenvalue weighted by atomic mass is 10.1. The number of carbonyl (C=O) groups is 2. The molecule has 0 saturated heterocycles. The van der Waals surface area contributed by atoms with Gasteiger partial charge in [0, 0.05) is 17.6 Å². The number of ether oxygens (including phenoxy) is 1. The Balaban J connectivity index is 2.25. The number of aromatic nitrogens is 1. The van der Waals surface area contributed by atoms with E-state index in [4.69, 9.17) is 4.74 Å². The summed E-state index contributed by atoms with van der Waals surface area (Å²) in [5.74, 6) is -0.701. The van der Waals surface area contributed by atoms with Crippen LogP contribution >= 0.6 is 0 Å². The van der Waals surface area contributed by atoms with Crippen LogP contribution in [0.3, 0.4) is 0 Å². The second-order valence-electron chi connectivity index (χ2n) is 4.61. The van der Waals surface area contributed by atoms with Crippen molar-refractivity contribution in [1.29, 1.82) is 0 Å². The normalized spacial score (nSPS) is 10.0. The molecule has 1 heterocycles. The number of nitrogens with zero attached hydrogens (tertiary/aromatic N) is 1.